The number of hydrogen-bond acceptors (Lipinski definition) is 6. The van der Waals surface area contributed by atoms with Crippen molar-refractivity contribution in [2.75, 3.05) is 5.32 Å². The normalized spacial score (nSPS) is 22.3. The number of anilines is 1. The Labute approximate surface area is 174 Å². The molecule has 4 atom stereocenters. The zero-order valence-electron chi connectivity index (χ0n) is 17.1. The molecule has 3 rings (SSSR count). The summed E-state index contributed by atoms with van der Waals surface area (Å²) in [7, 11) is 0. The van der Waals surface area contributed by atoms with Crippen LogP contribution < -0.4 is 5.32 Å². The number of likely N-dealkylation sites (tertiary alicyclic amines) is 1. The largest absolute Gasteiger partial charge is 0.451 e. The van der Waals surface area contributed by atoms with Gasteiger partial charge in [0, 0.05) is 11.3 Å². The van der Waals surface area contributed by atoms with Gasteiger partial charge in [-0.05, 0) is 45.7 Å². The fourth-order valence-corrected chi connectivity index (χ4v) is 3.70. The fraction of sp³-hybridized carbons (Fsp3) is 0.409. The number of esters is 1. The number of nitrogens with zero attached hydrogens (tertiary/aromatic N) is 1. The number of ether oxygens (including phenoxy) is 1. The third-order valence-corrected chi connectivity index (χ3v) is 5.47. The SMILES string of the molecule is CC(=O)c1cccc(NC(=O)[C@H](C)OC(=O)[C@H](C)N2C(=O)[C@H]3CC=CC[C@H]3C2=O)c1. The van der Waals surface area contributed by atoms with Crippen molar-refractivity contribution in [1.82, 2.24) is 4.90 Å². The highest BCUT2D eigenvalue weighted by Gasteiger charge is 2.50. The minimum Gasteiger partial charge on any atom is -0.451 e. The first-order valence-corrected chi connectivity index (χ1v) is 9.85. The third kappa shape index (κ3) is 4.17. The molecule has 8 nitrogen and oxygen atoms in total. The maximum absolute atomic E-state index is 12.6. The molecule has 0 aromatic heterocycles. The molecule has 0 radical (unpaired) electrons. The lowest BCUT2D eigenvalue weighted by molar-refractivity contribution is -0.163. The number of nitrogens with one attached hydrogen (secondary N) is 1. The van der Waals surface area contributed by atoms with Crippen LogP contribution in [-0.2, 0) is 23.9 Å². The highest BCUT2D eigenvalue weighted by Crippen LogP contribution is 2.36. The second kappa shape index (κ2) is 8.61. The van der Waals surface area contributed by atoms with E-state index in [0.29, 0.717) is 24.1 Å². The predicted octanol–water partition coefficient (Wildman–Crippen LogP) is 2.10. The van der Waals surface area contributed by atoms with Crippen LogP contribution in [-0.4, -0.2) is 46.5 Å². The van der Waals surface area contributed by atoms with Gasteiger partial charge in [-0.15, -0.1) is 0 Å². The van der Waals surface area contributed by atoms with Crippen molar-refractivity contribution in [3.05, 3.63) is 42.0 Å². The Morgan fingerprint density at radius 3 is 2.23 bits per heavy atom. The van der Waals surface area contributed by atoms with E-state index in [4.69, 9.17) is 4.74 Å². The van der Waals surface area contributed by atoms with Gasteiger partial charge in [-0.2, -0.15) is 0 Å². The summed E-state index contributed by atoms with van der Waals surface area (Å²) in [6.07, 6.45) is 3.54. The number of carbonyl (C=O) groups is 5. The van der Waals surface area contributed by atoms with Gasteiger partial charge in [0.1, 0.15) is 6.04 Å². The molecule has 3 amide bonds. The minimum absolute atomic E-state index is 0.143. The zero-order valence-corrected chi connectivity index (χ0v) is 17.1. The number of hydrogen-bond donors (Lipinski definition) is 1. The molecule has 0 spiro atoms. The van der Waals surface area contributed by atoms with Crippen molar-refractivity contribution in [2.24, 2.45) is 11.8 Å². The van der Waals surface area contributed by atoms with E-state index in [2.05, 4.69) is 5.32 Å². The molecule has 0 unspecified atom stereocenters. The van der Waals surface area contributed by atoms with Gasteiger partial charge >= 0.3 is 5.97 Å². The molecule has 1 fully saturated rings. The maximum Gasteiger partial charge on any atom is 0.329 e. The highest BCUT2D eigenvalue weighted by atomic mass is 16.5. The quantitative estimate of drug-likeness (QED) is 0.332. The first kappa shape index (κ1) is 21.4. The van der Waals surface area contributed by atoms with Gasteiger partial charge in [-0.25, -0.2) is 4.79 Å². The summed E-state index contributed by atoms with van der Waals surface area (Å²) in [5.41, 5.74) is 0.832. The van der Waals surface area contributed by atoms with Gasteiger partial charge in [-0.1, -0.05) is 24.3 Å². The van der Waals surface area contributed by atoms with E-state index in [1.54, 1.807) is 18.2 Å². The molecule has 30 heavy (non-hydrogen) atoms. The second-order valence-corrected chi connectivity index (χ2v) is 7.58. The van der Waals surface area contributed by atoms with Crippen molar-refractivity contribution < 1.29 is 28.7 Å². The van der Waals surface area contributed by atoms with Crippen molar-refractivity contribution in [2.45, 2.75) is 45.8 Å². The van der Waals surface area contributed by atoms with Crippen LogP contribution in [0.25, 0.3) is 0 Å². The number of Topliss-reactive ketones (excluding diaryl/α,β-unsaturated/α-hetero) is 1. The number of fused-ring (bicyclic) bond motifs is 1. The summed E-state index contributed by atoms with van der Waals surface area (Å²) in [5.74, 6) is -3.19. The lowest BCUT2D eigenvalue weighted by Crippen LogP contribution is -2.46. The Morgan fingerprint density at radius 1 is 1.07 bits per heavy atom. The van der Waals surface area contributed by atoms with E-state index < -0.39 is 35.9 Å². The van der Waals surface area contributed by atoms with Crippen molar-refractivity contribution in [3.8, 4) is 0 Å². The van der Waals surface area contributed by atoms with E-state index in [1.807, 2.05) is 12.2 Å². The second-order valence-electron chi connectivity index (χ2n) is 7.58. The van der Waals surface area contributed by atoms with Gasteiger partial charge in [0.15, 0.2) is 11.9 Å². The number of benzene rings is 1. The minimum atomic E-state index is -1.15. The van der Waals surface area contributed by atoms with E-state index in [0.717, 1.165) is 4.90 Å². The van der Waals surface area contributed by atoms with Crippen molar-refractivity contribution in [3.63, 3.8) is 0 Å². The Balaban J connectivity index is 1.61. The summed E-state index contributed by atoms with van der Waals surface area (Å²) in [5, 5.41) is 2.58. The summed E-state index contributed by atoms with van der Waals surface area (Å²) < 4.78 is 5.21. The Hall–Kier alpha value is -3.29. The average Bonchev–Trinajstić information content (AvgIpc) is 2.98. The number of allylic oxidation sites excluding steroid dienone is 2. The lowest BCUT2D eigenvalue weighted by Gasteiger charge is -2.23. The molecule has 1 N–H and O–H groups in total. The Bertz CT molecular complexity index is 911. The van der Waals surface area contributed by atoms with Gasteiger partial charge in [0.05, 0.1) is 11.8 Å². The van der Waals surface area contributed by atoms with Gasteiger partial charge in [0.2, 0.25) is 11.8 Å². The molecule has 8 heteroatoms. The van der Waals surface area contributed by atoms with Crippen LogP contribution in [0.15, 0.2) is 36.4 Å². The van der Waals surface area contributed by atoms with Crippen molar-refractivity contribution >= 4 is 35.2 Å². The van der Waals surface area contributed by atoms with E-state index in [-0.39, 0.29) is 17.6 Å². The van der Waals surface area contributed by atoms with Crippen LogP contribution in [0.3, 0.4) is 0 Å². The molecule has 2 aliphatic rings. The monoisotopic (exact) mass is 412 g/mol. The molecule has 1 saturated heterocycles. The smallest absolute Gasteiger partial charge is 0.329 e. The number of rotatable bonds is 6. The Kier molecular flexibility index (Phi) is 6.14. The molecule has 1 heterocycles. The fourth-order valence-electron chi connectivity index (χ4n) is 3.70. The van der Waals surface area contributed by atoms with E-state index in [1.165, 1.54) is 26.8 Å². The first-order valence-electron chi connectivity index (χ1n) is 9.85. The maximum atomic E-state index is 12.6. The topological polar surface area (TPSA) is 110 Å². The summed E-state index contributed by atoms with van der Waals surface area (Å²) >= 11 is 0. The van der Waals surface area contributed by atoms with Crippen LogP contribution in [0.4, 0.5) is 5.69 Å². The molecular weight excluding hydrogens is 388 g/mol. The molecule has 1 aromatic rings. The van der Waals surface area contributed by atoms with E-state index >= 15 is 0 Å². The molecule has 0 bridgehead atoms. The third-order valence-electron chi connectivity index (χ3n) is 5.47. The van der Waals surface area contributed by atoms with Crippen molar-refractivity contribution in [1.29, 1.82) is 0 Å². The summed E-state index contributed by atoms with van der Waals surface area (Å²) in [4.78, 5) is 62.5. The van der Waals surface area contributed by atoms with Crippen LogP contribution in [0.1, 0.15) is 44.0 Å². The van der Waals surface area contributed by atoms with Gasteiger partial charge in [0.25, 0.3) is 5.91 Å². The average molecular weight is 412 g/mol. The van der Waals surface area contributed by atoms with Crippen LogP contribution in [0.5, 0.6) is 0 Å². The van der Waals surface area contributed by atoms with Crippen LogP contribution >= 0.6 is 0 Å². The molecule has 1 aliphatic carbocycles. The van der Waals surface area contributed by atoms with Crippen LogP contribution in [0.2, 0.25) is 0 Å². The number of amides is 3. The number of ketones is 1. The zero-order chi connectivity index (χ0) is 22.0. The number of imide groups is 1. The molecule has 0 saturated carbocycles. The standard InChI is InChI=1S/C22H24N2O6/c1-12(24-20(27)17-9-4-5-10-18(17)21(24)28)22(29)30-14(3)19(26)23-16-8-6-7-15(11-16)13(2)25/h4-8,11-12,14,17-18H,9-10H2,1-3H3,(H,23,26)/t12-,14-,17-,18+/m0/s1. The molecule has 158 valence electrons. The summed E-state index contributed by atoms with van der Waals surface area (Å²) in [6.45, 7) is 4.23. The van der Waals surface area contributed by atoms with E-state index in [9.17, 15) is 24.0 Å². The number of carbonyl (C=O) groups excluding carboxylic acids is 5. The Morgan fingerprint density at radius 2 is 1.67 bits per heavy atom. The van der Waals surface area contributed by atoms with Gasteiger partial charge < -0.3 is 10.1 Å². The van der Waals surface area contributed by atoms with Crippen LogP contribution in [0, 0.1) is 11.8 Å². The molecular formula is C22H24N2O6. The molecule has 1 aliphatic heterocycles. The summed E-state index contributed by atoms with van der Waals surface area (Å²) in [6, 6.07) is 5.27. The first-order chi connectivity index (χ1) is 14.2. The highest BCUT2D eigenvalue weighted by molar-refractivity contribution is 6.08. The predicted molar refractivity (Wildman–Crippen MR) is 107 cm³/mol. The molecule has 1 aromatic carbocycles. The van der Waals surface area contributed by atoms with Gasteiger partial charge in [-0.3, -0.25) is 24.1 Å². The lowest BCUT2D eigenvalue weighted by atomic mass is 9.85.